The van der Waals surface area contributed by atoms with Gasteiger partial charge in [0, 0.05) is 23.3 Å². The van der Waals surface area contributed by atoms with E-state index in [4.69, 9.17) is 9.47 Å². The van der Waals surface area contributed by atoms with Crippen LogP contribution in [-0.2, 0) is 9.59 Å². The van der Waals surface area contributed by atoms with Crippen molar-refractivity contribution in [2.24, 2.45) is 0 Å². The molecule has 0 unspecified atom stereocenters. The maximum Gasteiger partial charge on any atom is 0.226 e. The Morgan fingerprint density at radius 1 is 1.07 bits per heavy atom. The number of anilines is 1. The van der Waals surface area contributed by atoms with Crippen molar-refractivity contribution in [1.82, 2.24) is 4.98 Å². The summed E-state index contributed by atoms with van der Waals surface area (Å²) in [6, 6.07) is 14.7. The minimum Gasteiger partial charge on any atom is -0.550 e. The van der Waals surface area contributed by atoms with Crippen LogP contribution in [0.2, 0.25) is 0 Å². The minimum atomic E-state index is -1.23. The number of hydrogen-bond acceptors (Lipinski definition) is 7. The fraction of sp³-hybridized carbons (Fsp3) is 0.227. The summed E-state index contributed by atoms with van der Waals surface area (Å²) < 4.78 is 10.5. The number of aromatic nitrogens is 1. The lowest BCUT2D eigenvalue weighted by Gasteiger charge is -2.19. The molecule has 156 valence electrons. The lowest BCUT2D eigenvalue weighted by atomic mass is 9.92. The summed E-state index contributed by atoms with van der Waals surface area (Å²) in [5, 5.41) is 16.3. The van der Waals surface area contributed by atoms with E-state index < -0.39 is 11.9 Å². The van der Waals surface area contributed by atoms with Crippen LogP contribution in [0.25, 0.3) is 11.3 Å². The molecule has 7 nitrogen and oxygen atoms in total. The third-order valence-corrected chi connectivity index (χ3v) is 5.30. The second kappa shape index (κ2) is 9.89. The first-order valence-corrected chi connectivity index (χ1v) is 10.1. The van der Waals surface area contributed by atoms with Gasteiger partial charge in [-0.2, -0.15) is 0 Å². The summed E-state index contributed by atoms with van der Waals surface area (Å²) in [4.78, 5) is 28.3. The third kappa shape index (κ3) is 5.36. The van der Waals surface area contributed by atoms with Gasteiger partial charge in [-0.15, -0.1) is 11.3 Å². The van der Waals surface area contributed by atoms with Crippen molar-refractivity contribution in [3.63, 3.8) is 0 Å². The Morgan fingerprint density at radius 2 is 1.80 bits per heavy atom. The summed E-state index contributed by atoms with van der Waals surface area (Å²) in [6.07, 6.45) is -0.334. The number of hydrogen-bond donors (Lipinski definition) is 1. The molecule has 0 aliphatic carbocycles. The van der Waals surface area contributed by atoms with Gasteiger partial charge >= 0.3 is 0 Å². The number of benzene rings is 2. The zero-order valence-corrected chi connectivity index (χ0v) is 17.4. The zero-order valence-electron chi connectivity index (χ0n) is 16.6. The second-order valence-corrected chi connectivity index (χ2v) is 7.40. The van der Waals surface area contributed by atoms with Crippen LogP contribution in [0.5, 0.6) is 11.5 Å². The van der Waals surface area contributed by atoms with E-state index in [1.54, 1.807) is 18.2 Å². The standard InChI is InChI=1S/C22H22N2O5S/c1-28-18-9-8-15(10-19(18)29-2)16(12-21(26)27)11-20(25)24-22-23-17(13-30-22)14-6-4-3-5-7-14/h3-10,13,16H,11-12H2,1-2H3,(H,26,27)(H,23,24,25)/p-1/t16-/m1/s1. The Hall–Kier alpha value is -3.39. The van der Waals surface area contributed by atoms with Gasteiger partial charge in [-0.25, -0.2) is 4.98 Å². The first kappa shape index (κ1) is 21.3. The summed E-state index contributed by atoms with van der Waals surface area (Å²) in [5.74, 6) is -1.16. The molecule has 0 fully saturated rings. The maximum atomic E-state index is 12.6. The number of nitrogens with zero attached hydrogens (tertiary/aromatic N) is 1. The molecular weight excluding hydrogens is 404 g/mol. The molecule has 0 saturated heterocycles. The first-order valence-electron chi connectivity index (χ1n) is 9.22. The van der Waals surface area contributed by atoms with E-state index in [2.05, 4.69) is 10.3 Å². The summed E-state index contributed by atoms with van der Waals surface area (Å²) in [7, 11) is 3.01. The number of carboxylic acid groups (broad SMARTS) is 1. The topological polar surface area (TPSA) is 101 Å². The van der Waals surface area contributed by atoms with E-state index in [-0.39, 0.29) is 18.7 Å². The summed E-state index contributed by atoms with van der Waals surface area (Å²) in [5.41, 5.74) is 2.37. The molecular formula is C22H21N2O5S-. The number of carbonyl (C=O) groups is 2. The Kier molecular flexibility index (Phi) is 7.03. The van der Waals surface area contributed by atoms with Crippen LogP contribution < -0.4 is 19.9 Å². The van der Waals surface area contributed by atoms with Crippen molar-refractivity contribution in [1.29, 1.82) is 0 Å². The van der Waals surface area contributed by atoms with Crippen LogP contribution in [0.15, 0.2) is 53.9 Å². The second-order valence-electron chi connectivity index (χ2n) is 6.54. The summed E-state index contributed by atoms with van der Waals surface area (Å²) in [6.45, 7) is 0. The lowest BCUT2D eigenvalue weighted by Crippen LogP contribution is -2.26. The van der Waals surface area contributed by atoms with Gasteiger partial charge in [0.05, 0.1) is 19.9 Å². The van der Waals surface area contributed by atoms with Gasteiger partial charge in [-0.1, -0.05) is 36.4 Å². The predicted octanol–water partition coefficient (Wildman–Crippen LogP) is 3.08. The third-order valence-electron chi connectivity index (χ3n) is 4.54. The number of amides is 1. The number of aliphatic carboxylic acids is 1. The summed E-state index contributed by atoms with van der Waals surface area (Å²) >= 11 is 1.31. The van der Waals surface area contributed by atoms with Crippen LogP contribution in [0.3, 0.4) is 0 Å². The molecule has 1 amide bonds. The molecule has 1 heterocycles. The van der Waals surface area contributed by atoms with Crippen molar-refractivity contribution in [2.75, 3.05) is 19.5 Å². The number of thiazole rings is 1. The molecule has 0 saturated carbocycles. The van der Waals surface area contributed by atoms with Gasteiger partial charge < -0.3 is 24.7 Å². The number of methoxy groups -OCH3 is 2. The molecule has 1 aromatic heterocycles. The molecule has 0 aliphatic heterocycles. The molecule has 3 rings (SSSR count). The highest BCUT2D eigenvalue weighted by molar-refractivity contribution is 7.14. The van der Waals surface area contributed by atoms with E-state index >= 15 is 0 Å². The van der Waals surface area contributed by atoms with E-state index in [1.165, 1.54) is 25.6 Å². The Morgan fingerprint density at radius 3 is 2.47 bits per heavy atom. The zero-order chi connectivity index (χ0) is 21.5. The van der Waals surface area contributed by atoms with Crippen LogP contribution in [0.1, 0.15) is 24.3 Å². The number of carboxylic acids is 1. The predicted molar refractivity (Wildman–Crippen MR) is 113 cm³/mol. The average molecular weight is 425 g/mol. The van der Waals surface area contributed by atoms with Crippen LogP contribution >= 0.6 is 11.3 Å². The van der Waals surface area contributed by atoms with Crippen molar-refractivity contribution in [3.05, 3.63) is 59.5 Å². The van der Waals surface area contributed by atoms with E-state index in [0.717, 1.165) is 11.3 Å². The SMILES string of the molecule is COc1ccc([C@@H](CC(=O)[O-])CC(=O)Nc2nc(-c3ccccc3)cs2)cc1OC. The van der Waals surface area contributed by atoms with Gasteiger partial charge in [0.1, 0.15) is 0 Å². The smallest absolute Gasteiger partial charge is 0.226 e. The maximum absolute atomic E-state index is 12.6. The van der Waals surface area contributed by atoms with Gasteiger partial charge in [-0.3, -0.25) is 4.79 Å². The molecule has 1 atom stereocenters. The van der Waals surface area contributed by atoms with Crippen LogP contribution in [-0.4, -0.2) is 31.1 Å². The van der Waals surface area contributed by atoms with Crippen molar-refractivity contribution >= 4 is 28.3 Å². The quantitative estimate of drug-likeness (QED) is 0.565. The molecule has 0 aliphatic rings. The molecule has 0 radical (unpaired) electrons. The normalized spacial score (nSPS) is 11.5. The number of carbonyl (C=O) groups excluding carboxylic acids is 2. The highest BCUT2D eigenvalue weighted by Gasteiger charge is 2.19. The van der Waals surface area contributed by atoms with Crippen LogP contribution in [0, 0.1) is 0 Å². The average Bonchev–Trinajstić information content (AvgIpc) is 3.21. The van der Waals surface area contributed by atoms with Crippen molar-refractivity contribution in [2.45, 2.75) is 18.8 Å². The van der Waals surface area contributed by atoms with E-state index in [1.807, 2.05) is 35.7 Å². The van der Waals surface area contributed by atoms with Crippen LogP contribution in [0.4, 0.5) is 5.13 Å². The van der Waals surface area contributed by atoms with Gasteiger partial charge in [0.2, 0.25) is 5.91 Å². The number of rotatable bonds is 9. The van der Waals surface area contributed by atoms with Gasteiger partial charge in [0.25, 0.3) is 0 Å². The molecule has 8 heteroatoms. The molecule has 0 spiro atoms. The highest BCUT2D eigenvalue weighted by Crippen LogP contribution is 2.33. The van der Waals surface area contributed by atoms with Crippen molar-refractivity contribution in [3.8, 4) is 22.8 Å². The highest BCUT2D eigenvalue weighted by atomic mass is 32.1. The van der Waals surface area contributed by atoms with Gasteiger partial charge in [0.15, 0.2) is 16.6 Å². The fourth-order valence-electron chi connectivity index (χ4n) is 3.08. The fourth-order valence-corrected chi connectivity index (χ4v) is 3.82. The Bertz CT molecular complexity index is 1020. The minimum absolute atomic E-state index is 0.0380. The Labute approximate surface area is 178 Å². The number of ether oxygens (including phenoxy) is 2. The largest absolute Gasteiger partial charge is 0.550 e. The van der Waals surface area contributed by atoms with Gasteiger partial charge in [-0.05, 0) is 30.0 Å². The number of nitrogens with one attached hydrogen (secondary N) is 1. The van der Waals surface area contributed by atoms with E-state index in [0.29, 0.717) is 22.2 Å². The lowest BCUT2D eigenvalue weighted by molar-refractivity contribution is -0.306. The van der Waals surface area contributed by atoms with E-state index in [9.17, 15) is 14.7 Å². The molecule has 1 N–H and O–H groups in total. The Balaban J connectivity index is 1.73. The molecule has 3 aromatic rings. The molecule has 0 bridgehead atoms. The van der Waals surface area contributed by atoms with Crippen molar-refractivity contribution < 1.29 is 24.2 Å². The first-order chi connectivity index (χ1) is 14.5. The monoisotopic (exact) mass is 425 g/mol. The molecule has 30 heavy (non-hydrogen) atoms. The molecule has 2 aromatic carbocycles.